The number of benzene rings is 1. The second-order valence-corrected chi connectivity index (χ2v) is 8.60. The van der Waals surface area contributed by atoms with Gasteiger partial charge in [-0.1, -0.05) is 0 Å². The minimum atomic E-state index is -0.202. The Morgan fingerprint density at radius 3 is 2.55 bits per heavy atom. The predicted molar refractivity (Wildman–Crippen MR) is 129 cm³/mol. The number of nitrogens with zero attached hydrogens (tertiary/aromatic N) is 4. The predicted octanol–water partition coefficient (Wildman–Crippen LogP) is 3.45. The minimum absolute atomic E-state index is 0.0491. The third kappa shape index (κ3) is 6.04. The molecule has 1 aliphatic rings. The molecule has 1 unspecified atom stereocenters. The number of carbonyl (C=O) groups excluding carboxylic acids is 2. The van der Waals surface area contributed by atoms with Crippen LogP contribution in [-0.2, 0) is 9.47 Å². The number of nitrogens with two attached hydrogens (primary N) is 1. The van der Waals surface area contributed by atoms with Gasteiger partial charge in [-0.25, -0.2) is 4.98 Å². The van der Waals surface area contributed by atoms with Crippen molar-refractivity contribution < 1.29 is 19.1 Å². The normalized spacial score (nSPS) is 16.4. The molecule has 2 N–H and O–H groups in total. The van der Waals surface area contributed by atoms with E-state index in [4.69, 9.17) is 15.2 Å². The highest BCUT2D eigenvalue weighted by molar-refractivity contribution is 6.11. The first-order chi connectivity index (χ1) is 15.7. The molecule has 0 amide bonds. The van der Waals surface area contributed by atoms with Crippen molar-refractivity contribution in [3.8, 4) is 0 Å². The lowest BCUT2D eigenvalue weighted by Gasteiger charge is -2.19. The summed E-state index contributed by atoms with van der Waals surface area (Å²) in [6.45, 7) is 8.80. The number of aromatic nitrogens is 2. The van der Waals surface area contributed by atoms with Gasteiger partial charge < -0.3 is 20.1 Å². The largest absolute Gasteiger partial charge is 0.476 e. The lowest BCUT2D eigenvalue weighted by Crippen LogP contribution is -2.26. The van der Waals surface area contributed by atoms with Crippen molar-refractivity contribution >= 4 is 40.1 Å². The van der Waals surface area contributed by atoms with Gasteiger partial charge in [0.2, 0.25) is 11.8 Å². The molecule has 0 saturated carbocycles. The van der Waals surface area contributed by atoms with E-state index in [2.05, 4.69) is 15.0 Å². The molecule has 1 atom stereocenters. The molecular weight excluding hydrogens is 422 g/mol. The van der Waals surface area contributed by atoms with Crippen molar-refractivity contribution in [2.75, 3.05) is 37.4 Å². The van der Waals surface area contributed by atoms with Gasteiger partial charge in [-0.15, -0.1) is 0 Å². The van der Waals surface area contributed by atoms with E-state index in [1.54, 1.807) is 12.1 Å². The summed E-state index contributed by atoms with van der Waals surface area (Å²) in [6, 6.07) is 3.22. The van der Waals surface area contributed by atoms with Crippen molar-refractivity contribution in [2.24, 2.45) is 4.99 Å². The van der Waals surface area contributed by atoms with Gasteiger partial charge in [0.15, 0.2) is 11.6 Å². The molecule has 9 nitrogen and oxygen atoms in total. The van der Waals surface area contributed by atoms with Crippen LogP contribution in [0.5, 0.6) is 0 Å². The zero-order chi connectivity index (χ0) is 24.1. The molecule has 2 aromatic rings. The molecule has 2 heterocycles. The van der Waals surface area contributed by atoms with E-state index in [0.29, 0.717) is 47.0 Å². The highest BCUT2D eigenvalue weighted by Crippen LogP contribution is 2.26. The molecule has 1 fully saturated rings. The molecule has 1 aromatic carbocycles. The molecule has 0 bridgehead atoms. The molecular formula is C24H33N5O4. The minimum Gasteiger partial charge on any atom is -0.476 e. The molecule has 1 aliphatic heterocycles. The van der Waals surface area contributed by atoms with E-state index in [1.807, 2.05) is 25.8 Å². The average Bonchev–Trinajstić information content (AvgIpc) is 3.29. The van der Waals surface area contributed by atoms with Crippen LogP contribution in [0.15, 0.2) is 17.1 Å². The monoisotopic (exact) mass is 455 g/mol. The third-order valence-corrected chi connectivity index (χ3v) is 5.43. The number of Topliss-reactive ketones (excluding diaryl/α,β-unsaturated/α-hetero) is 2. The van der Waals surface area contributed by atoms with Crippen molar-refractivity contribution in [1.29, 1.82) is 0 Å². The number of hydrogen-bond acceptors (Lipinski definition) is 9. The first-order valence-corrected chi connectivity index (χ1v) is 11.3. The Kier molecular flexibility index (Phi) is 7.97. The zero-order valence-corrected chi connectivity index (χ0v) is 20.1. The number of hydrogen-bond donors (Lipinski definition) is 1. The number of anilines is 2. The molecule has 1 saturated heterocycles. The van der Waals surface area contributed by atoms with Crippen LogP contribution in [-0.4, -0.2) is 66.4 Å². The quantitative estimate of drug-likeness (QED) is 0.264. The van der Waals surface area contributed by atoms with Gasteiger partial charge in [-0.2, -0.15) is 4.98 Å². The third-order valence-electron chi connectivity index (χ3n) is 5.43. The van der Waals surface area contributed by atoms with E-state index in [1.165, 1.54) is 13.8 Å². The van der Waals surface area contributed by atoms with E-state index in [0.717, 1.165) is 25.9 Å². The highest BCUT2D eigenvalue weighted by Gasteiger charge is 2.24. The van der Waals surface area contributed by atoms with Crippen LogP contribution in [0, 0.1) is 0 Å². The van der Waals surface area contributed by atoms with Crippen molar-refractivity contribution in [1.82, 2.24) is 9.97 Å². The van der Waals surface area contributed by atoms with E-state index in [-0.39, 0.29) is 29.6 Å². The fraction of sp³-hybridized carbons (Fsp3) is 0.542. The first kappa shape index (κ1) is 24.6. The fourth-order valence-corrected chi connectivity index (χ4v) is 3.77. The van der Waals surface area contributed by atoms with E-state index in [9.17, 15) is 9.59 Å². The molecule has 1 aromatic heterocycles. The summed E-state index contributed by atoms with van der Waals surface area (Å²) in [5.41, 5.74) is 7.37. The van der Waals surface area contributed by atoms with Crippen LogP contribution in [0.3, 0.4) is 0 Å². The summed E-state index contributed by atoms with van der Waals surface area (Å²) in [4.78, 5) is 39.5. The van der Waals surface area contributed by atoms with Gasteiger partial charge >= 0.3 is 0 Å². The summed E-state index contributed by atoms with van der Waals surface area (Å²) in [7, 11) is 1.88. The highest BCUT2D eigenvalue weighted by atomic mass is 16.5. The number of ether oxygens (including phenoxy) is 2. The van der Waals surface area contributed by atoms with Gasteiger partial charge in [0.05, 0.1) is 11.6 Å². The Morgan fingerprint density at radius 2 is 1.94 bits per heavy atom. The van der Waals surface area contributed by atoms with Crippen molar-refractivity contribution in [3.63, 3.8) is 0 Å². The fourth-order valence-electron chi connectivity index (χ4n) is 3.77. The van der Waals surface area contributed by atoms with E-state index >= 15 is 0 Å². The van der Waals surface area contributed by atoms with Crippen LogP contribution < -0.4 is 10.6 Å². The van der Waals surface area contributed by atoms with Crippen molar-refractivity contribution in [2.45, 2.75) is 59.2 Å². The number of rotatable bonds is 9. The average molecular weight is 456 g/mol. The lowest BCUT2D eigenvalue weighted by atomic mass is 9.99. The maximum absolute atomic E-state index is 12.0. The van der Waals surface area contributed by atoms with Gasteiger partial charge in [-0.05, 0) is 59.1 Å². The molecule has 0 radical (unpaired) electrons. The Morgan fingerprint density at radius 1 is 1.24 bits per heavy atom. The van der Waals surface area contributed by atoms with Crippen LogP contribution >= 0.6 is 0 Å². The molecule has 0 spiro atoms. The Balaban J connectivity index is 1.74. The Hall–Kier alpha value is -3.07. The van der Waals surface area contributed by atoms with Gasteiger partial charge in [0, 0.05) is 43.3 Å². The Bertz CT molecular complexity index is 1060. The van der Waals surface area contributed by atoms with Crippen LogP contribution in [0.1, 0.15) is 67.7 Å². The SMILES string of the molecule is CC(=O)c1cc2nc(N(C)CCC/N=C(\OC(C)C)C3CCCO3)nc(N)c2cc1C(C)=O. The standard InChI is InChI=1S/C24H33N5O4/c1-14(2)33-23(21-8-6-11-32-21)26-9-7-10-29(5)24-27-20-13-18(16(4)31)17(15(3)30)12-19(20)22(25)28-24/h12-14,21H,6-11H2,1-5H3,(H2,25,27,28)/b26-23-. The van der Waals surface area contributed by atoms with Crippen molar-refractivity contribution in [3.05, 3.63) is 23.3 Å². The van der Waals surface area contributed by atoms with Gasteiger partial charge in [0.25, 0.3) is 0 Å². The molecule has 3 rings (SSSR count). The second-order valence-electron chi connectivity index (χ2n) is 8.60. The maximum Gasteiger partial charge on any atom is 0.227 e. The summed E-state index contributed by atoms with van der Waals surface area (Å²) >= 11 is 0. The Labute approximate surface area is 194 Å². The molecule has 9 heteroatoms. The summed E-state index contributed by atoms with van der Waals surface area (Å²) in [5.74, 6) is 0.995. The molecule has 0 aliphatic carbocycles. The maximum atomic E-state index is 12.0. The zero-order valence-electron chi connectivity index (χ0n) is 20.1. The summed E-state index contributed by atoms with van der Waals surface area (Å²) in [5, 5.41) is 0.555. The van der Waals surface area contributed by atoms with Gasteiger partial charge in [-0.3, -0.25) is 14.6 Å². The van der Waals surface area contributed by atoms with Crippen LogP contribution in [0.4, 0.5) is 11.8 Å². The summed E-state index contributed by atoms with van der Waals surface area (Å²) < 4.78 is 11.6. The number of nitrogen functional groups attached to an aromatic ring is 1. The van der Waals surface area contributed by atoms with Crippen LogP contribution in [0.25, 0.3) is 10.9 Å². The summed E-state index contributed by atoms with van der Waals surface area (Å²) in [6.07, 6.45) is 2.71. The number of aliphatic imine (C=N–C) groups is 1. The number of carbonyl (C=O) groups is 2. The molecule has 178 valence electrons. The lowest BCUT2D eigenvalue weighted by molar-refractivity contribution is 0.0981. The number of ketones is 2. The topological polar surface area (TPSA) is 120 Å². The number of fused-ring (bicyclic) bond motifs is 1. The second kappa shape index (κ2) is 10.7. The van der Waals surface area contributed by atoms with Crippen LogP contribution in [0.2, 0.25) is 0 Å². The van der Waals surface area contributed by atoms with E-state index < -0.39 is 0 Å². The first-order valence-electron chi connectivity index (χ1n) is 11.3. The smallest absolute Gasteiger partial charge is 0.227 e. The molecule has 33 heavy (non-hydrogen) atoms. The van der Waals surface area contributed by atoms with Gasteiger partial charge in [0.1, 0.15) is 11.9 Å².